The first kappa shape index (κ1) is 13.4. The van der Waals surface area contributed by atoms with Crippen LogP contribution in [0.2, 0.25) is 0 Å². The Morgan fingerprint density at radius 3 is 2.78 bits per heavy atom. The van der Waals surface area contributed by atoms with Crippen LogP contribution in [0.4, 0.5) is 4.39 Å². The molecule has 1 aromatic heterocycles. The zero-order valence-corrected chi connectivity index (χ0v) is 11.0. The number of nitrogens with zero attached hydrogens (tertiary/aromatic N) is 3. The van der Waals surface area contributed by atoms with Gasteiger partial charge in [0.15, 0.2) is 5.82 Å². The van der Waals surface area contributed by atoms with Gasteiger partial charge in [-0.3, -0.25) is 0 Å². The largest absolute Gasteiger partial charge is 0.305 e. The molecule has 100 valence electrons. The number of aromatic nitrogens is 1. The maximum absolute atomic E-state index is 13.5. The van der Waals surface area contributed by atoms with Crippen molar-refractivity contribution in [3.8, 4) is 0 Å². The van der Waals surface area contributed by atoms with Gasteiger partial charge in [-0.1, -0.05) is 0 Å². The van der Waals surface area contributed by atoms with E-state index < -0.39 is 20.9 Å². The highest BCUT2D eigenvalue weighted by atomic mass is 32.2. The van der Waals surface area contributed by atoms with Gasteiger partial charge in [-0.15, -0.1) is 0 Å². The van der Waals surface area contributed by atoms with E-state index in [-0.39, 0.29) is 0 Å². The highest BCUT2D eigenvalue weighted by molar-refractivity contribution is 7.89. The highest BCUT2D eigenvalue weighted by Gasteiger charge is 2.29. The number of rotatable bonds is 2. The maximum atomic E-state index is 13.5. The predicted octanol–water partition coefficient (Wildman–Crippen LogP) is 0.547. The van der Waals surface area contributed by atoms with Gasteiger partial charge < -0.3 is 4.90 Å². The topological polar surface area (TPSA) is 53.5 Å². The molecule has 7 heteroatoms. The van der Waals surface area contributed by atoms with Crippen LogP contribution in [0, 0.1) is 5.82 Å². The smallest absolute Gasteiger partial charge is 0.263 e. The molecule has 1 aliphatic rings. The lowest BCUT2D eigenvalue weighted by Gasteiger charge is -2.19. The lowest BCUT2D eigenvalue weighted by atomic mass is 10.4. The number of sulfonamides is 1. The molecule has 2 heterocycles. The molecule has 0 amide bonds. The SMILES string of the molecule is CN1CCCN(S(=O)(=O)c2ncccc2F)CC1. The van der Waals surface area contributed by atoms with Crippen LogP contribution in [-0.2, 0) is 10.0 Å². The van der Waals surface area contributed by atoms with Gasteiger partial charge in [-0.05, 0) is 32.1 Å². The molecule has 0 aliphatic carbocycles. The summed E-state index contributed by atoms with van der Waals surface area (Å²) < 4.78 is 39.4. The van der Waals surface area contributed by atoms with Gasteiger partial charge in [0.05, 0.1) is 0 Å². The zero-order valence-electron chi connectivity index (χ0n) is 10.2. The fourth-order valence-electron chi connectivity index (χ4n) is 1.95. The minimum atomic E-state index is -3.82. The van der Waals surface area contributed by atoms with E-state index in [1.807, 2.05) is 7.05 Å². The molecule has 0 unspecified atom stereocenters. The summed E-state index contributed by atoms with van der Waals surface area (Å²) in [7, 11) is -1.88. The van der Waals surface area contributed by atoms with Gasteiger partial charge in [0.1, 0.15) is 0 Å². The van der Waals surface area contributed by atoms with E-state index in [2.05, 4.69) is 9.88 Å². The first-order valence-electron chi connectivity index (χ1n) is 5.81. The van der Waals surface area contributed by atoms with Crippen LogP contribution in [0.3, 0.4) is 0 Å². The molecule has 5 nitrogen and oxygen atoms in total. The van der Waals surface area contributed by atoms with Gasteiger partial charge in [0, 0.05) is 25.8 Å². The summed E-state index contributed by atoms with van der Waals surface area (Å²) in [5, 5.41) is -0.477. The van der Waals surface area contributed by atoms with Crippen LogP contribution in [0.15, 0.2) is 23.4 Å². The van der Waals surface area contributed by atoms with Crippen LogP contribution in [0.25, 0.3) is 0 Å². The molecule has 1 aliphatic heterocycles. The van der Waals surface area contributed by atoms with Crippen LogP contribution in [-0.4, -0.2) is 55.8 Å². The summed E-state index contributed by atoms with van der Waals surface area (Å²) >= 11 is 0. The second-order valence-corrected chi connectivity index (χ2v) is 6.20. The van der Waals surface area contributed by atoms with Crippen molar-refractivity contribution in [1.29, 1.82) is 0 Å². The second kappa shape index (κ2) is 5.29. The van der Waals surface area contributed by atoms with E-state index in [9.17, 15) is 12.8 Å². The first-order valence-corrected chi connectivity index (χ1v) is 7.25. The van der Waals surface area contributed by atoms with Crippen molar-refractivity contribution in [2.75, 3.05) is 33.2 Å². The molecule has 1 saturated heterocycles. The fraction of sp³-hybridized carbons (Fsp3) is 0.545. The van der Waals surface area contributed by atoms with Crippen molar-refractivity contribution in [3.05, 3.63) is 24.1 Å². The van der Waals surface area contributed by atoms with E-state index in [0.29, 0.717) is 19.6 Å². The summed E-state index contributed by atoms with van der Waals surface area (Å²) in [6.45, 7) is 2.27. The Morgan fingerprint density at radius 2 is 2.06 bits per heavy atom. The summed E-state index contributed by atoms with van der Waals surface area (Å²) in [4.78, 5) is 5.72. The molecule has 1 fully saturated rings. The van der Waals surface area contributed by atoms with Crippen molar-refractivity contribution in [2.45, 2.75) is 11.4 Å². The minimum absolute atomic E-state index is 0.370. The van der Waals surface area contributed by atoms with E-state index in [1.54, 1.807) is 0 Å². The van der Waals surface area contributed by atoms with Gasteiger partial charge in [-0.2, -0.15) is 4.31 Å². The van der Waals surface area contributed by atoms with E-state index in [4.69, 9.17) is 0 Å². The van der Waals surface area contributed by atoms with Crippen LogP contribution >= 0.6 is 0 Å². The van der Waals surface area contributed by atoms with Crippen molar-refractivity contribution in [1.82, 2.24) is 14.2 Å². The maximum Gasteiger partial charge on any atom is 0.263 e. The van der Waals surface area contributed by atoms with Crippen LogP contribution in [0.5, 0.6) is 0 Å². The average Bonchev–Trinajstić information content (AvgIpc) is 2.54. The Morgan fingerprint density at radius 1 is 1.28 bits per heavy atom. The second-order valence-electron chi connectivity index (χ2n) is 4.35. The van der Waals surface area contributed by atoms with Gasteiger partial charge >= 0.3 is 0 Å². The Hall–Kier alpha value is -1.05. The molecule has 18 heavy (non-hydrogen) atoms. The fourth-order valence-corrected chi connectivity index (χ4v) is 3.39. The van der Waals surface area contributed by atoms with Gasteiger partial charge in [-0.25, -0.2) is 17.8 Å². The summed E-state index contributed by atoms with van der Waals surface area (Å²) in [6.07, 6.45) is 2.03. The van der Waals surface area contributed by atoms with Crippen molar-refractivity contribution in [2.24, 2.45) is 0 Å². The summed E-state index contributed by atoms with van der Waals surface area (Å²) in [6, 6.07) is 2.49. The molecule has 0 saturated carbocycles. The normalized spacial score (nSPS) is 19.7. The first-order chi connectivity index (χ1) is 8.51. The number of hydrogen-bond acceptors (Lipinski definition) is 4. The molecule has 0 radical (unpaired) electrons. The molecule has 0 atom stereocenters. The third-order valence-electron chi connectivity index (χ3n) is 2.99. The average molecular weight is 273 g/mol. The summed E-state index contributed by atoms with van der Waals surface area (Å²) in [5.41, 5.74) is 0. The molecule has 1 aromatic rings. The van der Waals surface area contributed by atoms with Crippen molar-refractivity contribution < 1.29 is 12.8 Å². The Labute approximate surface area is 106 Å². The standard InChI is InChI=1S/C11H16FN3O2S/c1-14-6-3-7-15(9-8-14)18(16,17)11-10(12)4-2-5-13-11/h2,4-5H,3,6-9H2,1H3. The Balaban J connectivity index is 2.28. The number of hydrogen-bond donors (Lipinski definition) is 0. The molecular weight excluding hydrogens is 257 g/mol. The number of halogens is 1. The van der Waals surface area contributed by atoms with Gasteiger partial charge in [0.2, 0.25) is 5.03 Å². The van der Waals surface area contributed by atoms with Crippen molar-refractivity contribution >= 4 is 10.0 Å². The zero-order chi connectivity index (χ0) is 13.2. The predicted molar refractivity (Wildman–Crippen MR) is 65.1 cm³/mol. The number of likely N-dealkylation sites (N-methyl/N-ethyl adjacent to an activating group) is 1. The van der Waals surface area contributed by atoms with Crippen LogP contribution < -0.4 is 0 Å². The summed E-state index contributed by atoms with van der Waals surface area (Å²) in [5.74, 6) is -0.796. The van der Waals surface area contributed by atoms with Gasteiger partial charge in [0.25, 0.3) is 10.0 Å². The quantitative estimate of drug-likeness (QED) is 0.789. The molecule has 0 spiro atoms. The van der Waals surface area contributed by atoms with E-state index in [0.717, 1.165) is 19.0 Å². The molecule has 0 bridgehead atoms. The minimum Gasteiger partial charge on any atom is -0.305 e. The Kier molecular flexibility index (Phi) is 3.94. The molecule has 0 aromatic carbocycles. The highest BCUT2D eigenvalue weighted by Crippen LogP contribution is 2.17. The molecule has 0 N–H and O–H groups in total. The third-order valence-corrected chi connectivity index (χ3v) is 4.82. The van der Waals surface area contributed by atoms with Crippen molar-refractivity contribution in [3.63, 3.8) is 0 Å². The number of pyridine rings is 1. The van der Waals surface area contributed by atoms with E-state index in [1.165, 1.54) is 16.6 Å². The Bertz CT molecular complexity index is 521. The lowest BCUT2D eigenvalue weighted by molar-refractivity contribution is 0.346. The monoisotopic (exact) mass is 273 g/mol. The lowest BCUT2D eigenvalue weighted by Crippen LogP contribution is -2.35. The third kappa shape index (κ3) is 2.68. The van der Waals surface area contributed by atoms with E-state index >= 15 is 0 Å². The molecular formula is C11H16FN3O2S. The van der Waals surface area contributed by atoms with Crippen LogP contribution in [0.1, 0.15) is 6.42 Å². The molecule has 2 rings (SSSR count).